The van der Waals surface area contributed by atoms with E-state index in [1.165, 1.54) is 0 Å². The van der Waals surface area contributed by atoms with Gasteiger partial charge < -0.3 is 19.9 Å². The first-order valence-electron chi connectivity index (χ1n) is 5.80. The van der Waals surface area contributed by atoms with Crippen LogP contribution in [-0.2, 0) is 0 Å². The number of benzene rings is 1. The second-order valence-electron chi connectivity index (χ2n) is 4.31. The van der Waals surface area contributed by atoms with Gasteiger partial charge in [0.1, 0.15) is 0 Å². The highest BCUT2D eigenvalue weighted by atomic mass is 16.5. The predicted molar refractivity (Wildman–Crippen MR) is 65.8 cm³/mol. The average molecular weight is 237 g/mol. The molecule has 0 heterocycles. The Balaban J connectivity index is 2.50. The molecule has 1 aromatic carbocycles. The zero-order chi connectivity index (χ0) is 12.4. The van der Waals surface area contributed by atoms with Crippen LogP contribution < -0.4 is 14.8 Å². The molecule has 4 nitrogen and oxygen atoms in total. The summed E-state index contributed by atoms with van der Waals surface area (Å²) < 4.78 is 10.7. The SMILES string of the molecule is CNCC1CC(O)c2ccc(OC)c(OC)c21. The van der Waals surface area contributed by atoms with Crippen molar-refractivity contribution in [3.63, 3.8) is 0 Å². The molecule has 1 aromatic rings. The van der Waals surface area contributed by atoms with E-state index in [9.17, 15) is 5.11 Å². The summed E-state index contributed by atoms with van der Waals surface area (Å²) in [5, 5.41) is 13.2. The van der Waals surface area contributed by atoms with Crippen LogP contribution in [0, 0.1) is 0 Å². The molecule has 0 aliphatic heterocycles. The van der Waals surface area contributed by atoms with E-state index in [-0.39, 0.29) is 5.92 Å². The third-order valence-corrected chi connectivity index (χ3v) is 3.34. The molecular weight excluding hydrogens is 218 g/mol. The maximum absolute atomic E-state index is 10.0. The molecule has 0 spiro atoms. The zero-order valence-electron chi connectivity index (χ0n) is 10.5. The Hall–Kier alpha value is -1.26. The number of fused-ring (bicyclic) bond motifs is 1. The molecule has 2 atom stereocenters. The summed E-state index contributed by atoms with van der Waals surface area (Å²) in [6.07, 6.45) is 0.336. The van der Waals surface area contributed by atoms with E-state index >= 15 is 0 Å². The molecule has 0 fully saturated rings. The Morgan fingerprint density at radius 1 is 1.35 bits per heavy atom. The highest BCUT2D eigenvalue weighted by Crippen LogP contribution is 2.48. The molecule has 2 unspecified atom stereocenters. The Morgan fingerprint density at radius 2 is 2.12 bits per heavy atom. The van der Waals surface area contributed by atoms with E-state index in [0.717, 1.165) is 35.6 Å². The molecule has 94 valence electrons. The minimum Gasteiger partial charge on any atom is -0.493 e. The van der Waals surface area contributed by atoms with Gasteiger partial charge >= 0.3 is 0 Å². The maximum atomic E-state index is 10.0. The van der Waals surface area contributed by atoms with Gasteiger partial charge in [-0.05, 0) is 25.1 Å². The van der Waals surface area contributed by atoms with Crippen molar-refractivity contribution in [1.29, 1.82) is 0 Å². The van der Waals surface area contributed by atoms with E-state index in [4.69, 9.17) is 9.47 Å². The third kappa shape index (κ3) is 1.98. The molecule has 2 rings (SSSR count). The number of aliphatic hydroxyl groups is 1. The summed E-state index contributed by atoms with van der Waals surface area (Å²) >= 11 is 0. The molecule has 17 heavy (non-hydrogen) atoms. The van der Waals surface area contributed by atoms with Crippen LogP contribution in [0.5, 0.6) is 11.5 Å². The first-order valence-corrected chi connectivity index (χ1v) is 5.80. The smallest absolute Gasteiger partial charge is 0.164 e. The van der Waals surface area contributed by atoms with Gasteiger partial charge in [-0.2, -0.15) is 0 Å². The lowest BCUT2D eigenvalue weighted by atomic mass is 9.99. The number of aliphatic hydroxyl groups excluding tert-OH is 1. The van der Waals surface area contributed by atoms with Crippen LogP contribution in [0.2, 0.25) is 0 Å². The van der Waals surface area contributed by atoms with Gasteiger partial charge in [0.2, 0.25) is 0 Å². The lowest BCUT2D eigenvalue weighted by Crippen LogP contribution is -2.16. The summed E-state index contributed by atoms with van der Waals surface area (Å²) in [6.45, 7) is 0.827. The van der Waals surface area contributed by atoms with Crippen molar-refractivity contribution in [2.45, 2.75) is 18.4 Å². The number of nitrogens with one attached hydrogen (secondary N) is 1. The van der Waals surface area contributed by atoms with Gasteiger partial charge in [-0.25, -0.2) is 0 Å². The van der Waals surface area contributed by atoms with Gasteiger partial charge in [0.25, 0.3) is 0 Å². The molecular formula is C13H19NO3. The standard InChI is InChI=1S/C13H19NO3/c1-14-7-8-6-10(15)9-4-5-11(16-2)13(17-3)12(8)9/h4-5,8,10,14-15H,6-7H2,1-3H3. The zero-order valence-corrected chi connectivity index (χ0v) is 10.5. The fraction of sp³-hybridized carbons (Fsp3) is 0.538. The van der Waals surface area contributed by atoms with Crippen LogP contribution in [0.15, 0.2) is 12.1 Å². The molecule has 0 radical (unpaired) electrons. The predicted octanol–water partition coefficient (Wildman–Crippen LogP) is 1.44. The van der Waals surface area contributed by atoms with E-state index < -0.39 is 6.10 Å². The summed E-state index contributed by atoms with van der Waals surface area (Å²) in [6, 6.07) is 3.78. The quantitative estimate of drug-likeness (QED) is 0.832. The molecule has 0 saturated heterocycles. The van der Waals surface area contributed by atoms with Crippen molar-refractivity contribution in [3.8, 4) is 11.5 Å². The highest BCUT2D eigenvalue weighted by Gasteiger charge is 2.33. The fourth-order valence-corrected chi connectivity index (χ4v) is 2.62. The van der Waals surface area contributed by atoms with Crippen molar-refractivity contribution in [2.75, 3.05) is 27.8 Å². The van der Waals surface area contributed by atoms with Crippen molar-refractivity contribution < 1.29 is 14.6 Å². The molecule has 0 bridgehead atoms. The Bertz CT molecular complexity index is 406. The Morgan fingerprint density at radius 3 is 2.71 bits per heavy atom. The van der Waals surface area contributed by atoms with E-state index in [2.05, 4.69) is 5.32 Å². The third-order valence-electron chi connectivity index (χ3n) is 3.34. The first kappa shape index (κ1) is 12.2. The second kappa shape index (κ2) is 4.94. The maximum Gasteiger partial charge on any atom is 0.164 e. The van der Waals surface area contributed by atoms with Crippen LogP contribution in [0.1, 0.15) is 29.6 Å². The van der Waals surface area contributed by atoms with Gasteiger partial charge in [-0.3, -0.25) is 0 Å². The average Bonchev–Trinajstić information content (AvgIpc) is 2.66. The van der Waals surface area contributed by atoms with Crippen LogP contribution in [-0.4, -0.2) is 32.9 Å². The summed E-state index contributed by atoms with van der Waals surface area (Å²) in [5.74, 6) is 1.75. The number of hydrogen-bond acceptors (Lipinski definition) is 4. The van der Waals surface area contributed by atoms with Gasteiger partial charge in [0.15, 0.2) is 11.5 Å². The van der Waals surface area contributed by atoms with Crippen LogP contribution in [0.4, 0.5) is 0 Å². The minimum atomic E-state index is -0.400. The number of hydrogen-bond donors (Lipinski definition) is 2. The number of methoxy groups -OCH3 is 2. The molecule has 2 N–H and O–H groups in total. The van der Waals surface area contributed by atoms with Gasteiger partial charge in [0.05, 0.1) is 20.3 Å². The Labute approximate surface area is 102 Å². The fourth-order valence-electron chi connectivity index (χ4n) is 2.62. The summed E-state index contributed by atoms with van der Waals surface area (Å²) in [7, 11) is 5.18. The summed E-state index contributed by atoms with van der Waals surface area (Å²) in [5.41, 5.74) is 2.04. The van der Waals surface area contributed by atoms with Crippen molar-refractivity contribution in [3.05, 3.63) is 23.3 Å². The molecule has 1 aliphatic carbocycles. The number of likely N-dealkylation sites (N-methyl/N-ethyl adjacent to an activating group) is 1. The molecule has 4 heteroatoms. The molecule has 0 saturated carbocycles. The van der Waals surface area contributed by atoms with Gasteiger partial charge in [-0.15, -0.1) is 0 Å². The topological polar surface area (TPSA) is 50.7 Å². The summed E-state index contributed by atoms with van der Waals surface area (Å²) in [4.78, 5) is 0. The van der Waals surface area contributed by atoms with E-state index in [0.29, 0.717) is 0 Å². The minimum absolute atomic E-state index is 0.273. The normalized spacial score (nSPS) is 22.4. The van der Waals surface area contributed by atoms with Crippen molar-refractivity contribution in [2.24, 2.45) is 0 Å². The van der Waals surface area contributed by atoms with Crippen LogP contribution in [0.25, 0.3) is 0 Å². The Kier molecular flexibility index (Phi) is 3.54. The number of ether oxygens (including phenoxy) is 2. The lowest BCUT2D eigenvalue weighted by Gasteiger charge is -2.16. The monoisotopic (exact) mass is 237 g/mol. The van der Waals surface area contributed by atoms with E-state index in [1.807, 2.05) is 19.2 Å². The molecule has 0 amide bonds. The number of rotatable bonds is 4. The van der Waals surface area contributed by atoms with E-state index in [1.54, 1.807) is 14.2 Å². The van der Waals surface area contributed by atoms with Gasteiger partial charge in [0, 0.05) is 18.0 Å². The molecule has 1 aliphatic rings. The van der Waals surface area contributed by atoms with Gasteiger partial charge in [-0.1, -0.05) is 6.07 Å². The van der Waals surface area contributed by atoms with Crippen LogP contribution >= 0.6 is 0 Å². The second-order valence-corrected chi connectivity index (χ2v) is 4.31. The first-order chi connectivity index (χ1) is 8.22. The lowest BCUT2D eigenvalue weighted by molar-refractivity contribution is 0.173. The van der Waals surface area contributed by atoms with Crippen molar-refractivity contribution >= 4 is 0 Å². The van der Waals surface area contributed by atoms with Crippen LogP contribution in [0.3, 0.4) is 0 Å². The molecule has 0 aromatic heterocycles. The highest BCUT2D eigenvalue weighted by molar-refractivity contribution is 5.55. The largest absolute Gasteiger partial charge is 0.493 e. The van der Waals surface area contributed by atoms with Crippen molar-refractivity contribution in [1.82, 2.24) is 5.32 Å².